The molecule has 2 aromatic carbocycles. The lowest BCUT2D eigenvalue weighted by atomic mass is 9.97. The lowest BCUT2D eigenvalue weighted by Gasteiger charge is -2.36. The van der Waals surface area contributed by atoms with Crippen molar-refractivity contribution in [2.45, 2.75) is 31.7 Å². The summed E-state index contributed by atoms with van der Waals surface area (Å²) in [5, 5.41) is 9.36. The van der Waals surface area contributed by atoms with Crippen molar-refractivity contribution in [1.29, 1.82) is 0 Å². The summed E-state index contributed by atoms with van der Waals surface area (Å²) in [4.78, 5) is 31.3. The fraction of sp³-hybridized carbons (Fsp3) is 0.345. The van der Waals surface area contributed by atoms with Crippen molar-refractivity contribution in [2.24, 2.45) is 14.1 Å². The smallest absolute Gasteiger partial charge is 0.259 e. The molecule has 0 aliphatic carbocycles. The summed E-state index contributed by atoms with van der Waals surface area (Å²) in [5.74, 6) is 0.670. The van der Waals surface area contributed by atoms with Gasteiger partial charge in [0.15, 0.2) is 0 Å². The Morgan fingerprint density at radius 3 is 2.44 bits per heavy atom. The van der Waals surface area contributed by atoms with Gasteiger partial charge in [-0.05, 0) is 61.5 Å². The minimum Gasteiger partial charge on any atom is -0.378 e. The molecule has 0 spiro atoms. The molecule has 0 radical (unpaired) electrons. The second-order valence-electron chi connectivity index (χ2n) is 10.2. The van der Waals surface area contributed by atoms with Crippen LogP contribution >= 0.6 is 0 Å². The van der Waals surface area contributed by atoms with Crippen LogP contribution in [0.15, 0.2) is 58.4 Å². The maximum Gasteiger partial charge on any atom is 0.259 e. The summed E-state index contributed by atoms with van der Waals surface area (Å²) in [5.41, 5.74) is 4.29. The summed E-state index contributed by atoms with van der Waals surface area (Å²) in [6, 6.07) is 13.4. The van der Waals surface area contributed by atoms with Gasteiger partial charge in [0.05, 0.1) is 39.3 Å². The molecule has 1 unspecified atom stereocenters. The average Bonchev–Trinajstić information content (AvgIpc) is 3.23. The van der Waals surface area contributed by atoms with Crippen LogP contribution in [0.5, 0.6) is 0 Å². The molecule has 39 heavy (non-hydrogen) atoms. The molecule has 1 saturated heterocycles. The molecule has 5 rings (SSSR count). The van der Waals surface area contributed by atoms with Gasteiger partial charge in [-0.3, -0.25) is 23.0 Å². The third kappa shape index (κ3) is 4.96. The van der Waals surface area contributed by atoms with E-state index < -0.39 is 10.8 Å². The van der Waals surface area contributed by atoms with Crippen molar-refractivity contribution in [3.8, 4) is 0 Å². The molecule has 1 aliphatic rings. The lowest BCUT2D eigenvalue weighted by molar-refractivity contribution is -0.117. The van der Waals surface area contributed by atoms with Crippen molar-refractivity contribution in [3.63, 3.8) is 0 Å². The standard InChI is InChI=1S/C29H34N6O3S/c1-18-13-21(19(2)30-24-9-7-8-10-26(24)39(6)38)22-15-27(33(5)29(37)23(22)14-18)34-11-12-35(28(36)17-34)25-16-32(4)31-20(25)3/h7-10,13-16,19,30H,11-12,17H2,1-6H3/t19-,39?/m1/s1. The van der Waals surface area contributed by atoms with Crippen LogP contribution in [0, 0.1) is 13.8 Å². The molecule has 3 heterocycles. The highest BCUT2D eigenvalue weighted by molar-refractivity contribution is 7.84. The number of hydrogen-bond acceptors (Lipinski definition) is 6. The SMILES string of the molecule is Cc1cc([C@@H](C)Nc2ccccc2S(C)=O)c2cc(N3CCN(c4cn(C)nc4C)C(=O)C3)n(C)c(=O)c2c1. The number of aromatic nitrogens is 3. The number of para-hydroxylation sites is 1. The lowest BCUT2D eigenvalue weighted by Crippen LogP contribution is -2.51. The van der Waals surface area contributed by atoms with Gasteiger partial charge in [0.25, 0.3) is 5.56 Å². The van der Waals surface area contributed by atoms with Crippen LogP contribution in [0.1, 0.15) is 29.8 Å². The Morgan fingerprint density at radius 2 is 1.77 bits per heavy atom. The third-order valence-corrected chi connectivity index (χ3v) is 8.34. The number of anilines is 3. The summed E-state index contributed by atoms with van der Waals surface area (Å²) < 4.78 is 15.6. The minimum atomic E-state index is -1.14. The van der Waals surface area contributed by atoms with E-state index in [0.717, 1.165) is 38.5 Å². The topological polar surface area (TPSA) is 92.5 Å². The predicted octanol–water partition coefficient (Wildman–Crippen LogP) is 3.65. The second-order valence-corrected chi connectivity index (χ2v) is 11.6. The minimum absolute atomic E-state index is 0.0340. The van der Waals surface area contributed by atoms with Gasteiger partial charge in [0, 0.05) is 51.1 Å². The highest BCUT2D eigenvalue weighted by Gasteiger charge is 2.29. The molecule has 1 aliphatic heterocycles. The number of nitrogens with zero attached hydrogens (tertiary/aromatic N) is 5. The first-order valence-corrected chi connectivity index (χ1v) is 14.5. The molecule has 2 aromatic heterocycles. The van der Waals surface area contributed by atoms with E-state index in [9.17, 15) is 13.8 Å². The number of hydrogen-bond donors (Lipinski definition) is 1. The summed E-state index contributed by atoms with van der Waals surface area (Å²) in [6.07, 6.45) is 3.53. The van der Waals surface area contributed by atoms with Crippen molar-refractivity contribution in [1.82, 2.24) is 14.3 Å². The van der Waals surface area contributed by atoms with Crippen LogP contribution in [0.2, 0.25) is 0 Å². The number of rotatable bonds is 6. The molecule has 0 saturated carbocycles. The van der Waals surface area contributed by atoms with E-state index in [1.165, 1.54) is 0 Å². The Balaban J connectivity index is 1.52. The largest absolute Gasteiger partial charge is 0.378 e. The first-order chi connectivity index (χ1) is 18.5. The van der Waals surface area contributed by atoms with Gasteiger partial charge < -0.3 is 15.1 Å². The summed E-state index contributed by atoms with van der Waals surface area (Å²) in [7, 11) is 2.46. The fourth-order valence-corrected chi connectivity index (χ4v) is 6.17. The molecule has 1 fully saturated rings. The summed E-state index contributed by atoms with van der Waals surface area (Å²) >= 11 is 0. The number of carbonyl (C=O) groups is 1. The van der Waals surface area contributed by atoms with Crippen LogP contribution in [-0.2, 0) is 29.7 Å². The molecular formula is C29H34N6O3S. The number of nitrogens with one attached hydrogen (secondary N) is 1. The van der Waals surface area contributed by atoms with Gasteiger partial charge in [-0.2, -0.15) is 5.10 Å². The van der Waals surface area contributed by atoms with Crippen LogP contribution in [0.4, 0.5) is 17.2 Å². The van der Waals surface area contributed by atoms with Crippen molar-refractivity contribution >= 4 is 44.7 Å². The highest BCUT2D eigenvalue weighted by atomic mass is 32.2. The molecule has 2 atom stereocenters. The van der Waals surface area contributed by atoms with E-state index in [1.54, 1.807) is 27.5 Å². The zero-order chi connectivity index (χ0) is 28.0. The van der Waals surface area contributed by atoms with E-state index in [2.05, 4.69) is 16.5 Å². The van der Waals surface area contributed by atoms with Gasteiger partial charge in [0.1, 0.15) is 5.82 Å². The Labute approximate surface area is 230 Å². The molecule has 0 bridgehead atoms. The monoisotopic (exact) mass is 546 g/mol. The van der Waals surface area contributed by atoms with Gasteiger partial charge in [-0.25, -0.2) is 0 Å². The zero-order valence-electron chi connectivity index (χ0n) is 23.2. The maximum absolute atomic E-state index is 13.6. The highest BCUT2D eigenvalue weighted by Crippen LogP contribution is 2.32. The molecule has 1 N–H and O–H groups in total. The number of piperazine rings is 1. The average molecular weight is 547 g/mol. The number of benzene rings is 2. The van der Waals surface area contributed by atoms with Crippen molar-refractivity contribution in [3.05, 3.63) is 75.8 Å². The normalized spacial score (nSPS) is 15.6. The Kier molecular flexibility index (Phi) is 7.07. The second kappa shape index (κ2) is 10.3. The quantitative estimate of drug-likeness (QED) is 0.397. The maximum atomic E-state index is 13.6. The van der Waals surface area contributed by atoms with Crippen LogP contribution in [0.25, 0.3) is 10.8 Å². The van der Waals surface area contributed by atoms with Gasteiger partial charge in [-0.15, -0.1) is 0 Å². The summed E-state index contributed by atoms with van der Waals surface area (Å²) in [6.45, 7) is 7.18. The number of carbonyl (C=O) groups excluding carboxylic acids is 1. The van der Waals surface area contributed by atoms with E-state index in [1.807, 2.05) is 75.3 Å². The zero-order valence-corrected chi connectivity index (χ0v) is 24.0. The Hall–Kier alpha value is -3.92. The number of aryl methyl sites for hydroxylation is 3. The fourth-order valence-electron chi connectivity index (χ4n) is 5.46. The third-order valence-electron chi connectivity index (χ3n) is 7.37. The van der Waals surface area contributed by atoms with Gasteiger partial charge in [0.2, 0.25) is 5.91 Å². The molecule has 1 amide bonds. The van der Waals surface area contributed by atoms with E-state index in [4.69, 9.17) is 0 Å². The van der Waals surface area contributed by atoms with E-state index in [0.29, 0.717) is 24.3 Å². The first kappa shape index (κ1) is 26.7. The predicted molar refractivity (Wildman–Crippen MR) is 157 cm³/mol. The van der Waals surface area contributed by atoms with Gasteiger partial charge >= 0.3 is 0 Å². The van der Waals surface area contributed by atoms with Crippen LogP contribution < -0.4 is 20.7 Å². The van der Waals surface area contributed by atoms with E-state index >= 15 is 0 Å². The van der Waals surface area contributed by atoms with E-state index in [-0.39, 0.29) is 24.1 Å². The first-order valence-electron chi connectivity index (χ1n) is 12.9. The molecule has 4 aromatic rings. The molecule has 9 nitrogen and oxygen atoms in total. The number of amides is 1. The molecule has 10 heteroatoms. The Bertz CT molecular complexity index is 1670. The van der Waals surface area contributed by atoms with Gasteiger partial charge in [-0.1, -0.05) is 18.2 Å². The number of pyridine rings is 1. The van der Waals surface area contributed by atoms with Crippen molar-refractivity contribution in [2.75, 3.05) is 41.0 Å². The molecular weight excluding hydrogens is 512 g/mol. The van der Waals surface area contributed by atoms with Crippen LogP contribution in [-0.4, -0.2) is 50.4 Å². The van der Waals surface area contributed by atoms with Crippen molar-refractivity contribution < 1.29 is 9.00 Å². The molecule has 204 valence electrons. The van der Waals surface area contributed by atoms with Crippen LogP contribution in [0.3, 0.4) is 0 Å². The number of fused-ring (bicyclic) bond motifs is 1. The Morgan fingerprint density at radius 1 is 1.03 bits per heavy atom.